The van der Waals surface area contributed by atoms with E-state index in [0.717, 1.165) is 5.56 Å². The Morgan fingerprint density at radius 2 is 1.74 bits per heavy atom. The van der Waals surface area contributed by atoms with E-state index in [1.165, 1.54) is 30.3 Å². The van der Waals surface area contributed by atoms with Crippen molar-refractivity contribution in [3.63, 3.8) is 0 Å². The van der Waals surface area contributed by atoms with Gasteiger partial charge in [-0.3, -0.25) is 0 Å². The number of hydrogen-bond acceptors (Lipinski definition) is 1. The summed E-state index contributed by atoms with van der Waals surface area (Å²) in [5, 5.41) is 3.30. The largest absolute Gasteiger partial charge is 0.379 e. The van der Waals surface area contributed by atoms with Gasteiger partial charge < -0.3 is 5.32 Å². The minimum Gasteiger partial charge on any atom is -0.379 e. The molecule has 5 heteroatoms. The summed E-state index contributed by atoms with van der Waals surface area (Å²) in [4.78, 5) is 0. The number of hydrogen-bond donors (Lipinski definition) is 1. The molecule has 1 N–H and O–H groups in total. The summed E-state index contributed by atoms with van der Waals surface area (Å²) in [6.07, 6.45) is -2.48. The van der Waals surface area contributed by atoms with Crippen LogP contribution in [0.1, 0.15) is 17.6 Å². The van der Waals surface area contributed by atoms with Gasteiger partial charge in [-0.25, -0.2) is 13.2 Å². The summed E-state index contributed by atoms with van der Waals surface area (Å²) in [6, 6.07) is 10.1. The van der Waals surface area contributed by atoms with Crippen molar-refractivity contribution in [1.29, 1.82) is 0 Å². The van der Waals surface area contributed by atoms with Gasteiger partial charge in [0.2, 0.25) is 0 Å². The van der Waals surface area contributed by atoms with Gasteiger partial charge in [-0.2, -0.15) is 0 Å². The van der Waals surface area contributed by atoms with Crippen LogP contribution in [0.15, 0.2) is 42.5 Å². The molecule has 19 heavy (non-hydrogen) atoms. The molecule has 0 fully saturated rings. The number of nitrogens with one attached hydrogen (secondary N) is 1. The Balaban J connectivity index is 2.04. The fourth-order valence-electron chi connectivity index (χ4n) is 1.61. The lowest BCUT2D eigenvalue weighted by atomic mass is 10.1. The molecule has 0 saturated heterocycles. The van der Waals surface area contributed by atoms with Gasteiger partial charge in [0.25, 0.3) is 6.43 Å². The molecule has 0 saturated carbocycles. The number of benzene rings is 2. The maximum absolute atomic E-state index is 13.4. The Morgan fingerprint density at radius 1 is 1.05 bits per heavy atom. The predicted octanol–water partition coefficient (Wildman–Crippen LogP) is 5.03. The van der Waals surface area contributed by atoms with Gasteiger partial charge in [-0.05, 0) is 23.8 Å². The van der Waals surface area contributed by atoms with E-state index in [0.29, 0.717) is 11.6 Å². The van der Waals surface area contributed by atoms with Crippen molar-refractivity contribution >= 4 is 17.3 Å². The summed E-state index contributed by atoms with van der Waals surface area (Å²) in [7, 11) is 0. The summed E-state index contributed by atoms with van der Waals surface area (Å²) >= 11 is 5.76. The van der Waals surface area contributed by atoms with Crippen molar-refractivity contribution in [1.82, 2.24) is 0 Å². The fraction of sp³-hybridized carbons (Fsp3) is 0.143. The minimum absolute atomic E-state index is 0.0299. The SMILES string of the molecule is Fc1ccc(Cl)cc1NCc1ccc(C(F)F)cc1. The first-order chi connectivity index (χ1) is 9.06. The van der Waals surface area contributed by atoms with Gasteiger partial charge in [-0.1, -0.05) is 35.9 Å². The van der Waals surface area contributed by atoms with Crippen molar-refractivity contribution in [2.75, 3.05) is 5.32 Å². The third-order valence-electron chi connectivity index (χ3n) is 2.64. The fourth-order valence-corrected chi connectivity index (χ4v) is 1.78. The first-order valence-electron chi connectivity index (χ1n) is 5.62. The van der Waals surface area contributed by atoms with Crippen LogP contribution in [-0.4, -0.2) is 0 Å². The van der Waals surface area contributed by atoms with Crippen molar-refractivity contribution in [2.24, 2.45) is 0 Å². The average molecular weight is 286 g/mol. The molecule has 0 unspecified atom stereocenters. The van der Waals surface area contributed by atoms with E-state index >= 15 is 0 Å². The highest BCUT2D eigenvalue weighted by Crippen LogP contribution is 2.21. The molecule has 0 radical (unpaired) electrons. The monoisotopic (exact) mass is 285 g/mol. The van der Waals surface area contributed by atoms with Crippen LogP contribution in [-0.2, 0) is 6.54 Å². The Morgan fingerprint density at radius 3 is 2.37 bits per heavy atom. The molecule has 0 bridgehead atoms. The quantitative estimate of drug-likeness (QED) is 0.831. The molecule has 2 aromatic rings. The third kappa shape index (κ3) is 3.64. The molecule has 2 rings (SSSR count). The lowest BCUT2D eigenvalue weighted by Gasteiger charge is -2.08. The number of anilines is 1. The molecule has 0 aromatic heterocycles. The van der Waals surface area contributed by atoms with Crippen LogP contribution in [0.3, 0.4) is 0 Å². The Hall–Kier alpha value is -1.68. The van der Waals surface area contributed by atoms with Gasteiger partial charge in [0, 0.05) is 17.1 Å². The highest BCUT2D eigenvalue weighted by atomic mass is 35.5. The smallest absolute Gasteiger partial charge is 0.263 e. The molecule has 0 spiro atoms. The van der Waals surface area contributed by atoms with E-state index in [1.807, 2.05) is 0 Å². The molecule has 0 heterocycles. The van der Waals surface area contributed by atoms with Gasteiger partial charge in [0.15, 0.2) is 0 Å². The topological polar surface area (TPSA) is 12.0 Å². The lowest BCUT2D eigenvalue weighted by molar-refractivity contribution is 0.151. The second-order valence-electron chi connectivity index (χ2n) is 4.02. The van der Waals surface area contributed by atoms with Crippen LogP contribution in [0, 0.1) is 5.82 Å². The van der Waals surface area contributed by atoms with Crippen molar-refractivity contribution in [2.45, 2.75) is 13.0 Å². The molecular weight excluding hydrogens is 275 g/mol. The lowest BCUT2D eigenvalue weighted by Crippen LogP contribution is -2.01. The first-order valence-corrected chi connectivity index (χ1v) is 6.00. The zero-order valence-corrected chi connectivity index (χ0v) is 10.6. The highest BCUT2D eigenvalue weighted by Gasteiger charge is 2.06. The van der Waals surface area contributed by atoms with E-state index in [4.69, 9.17) is 11.6 Å². The molecule has 0 aliphatic heterocycles. The van der Waals surface area contributed by atoms with E-state index in [-0.39, 0.29) is 11.3 Å². The third-order valence-corrected chi connectivity index (χ3v) is 2.88. The van der Waals surface area contributed by atoms with Crippen LogP contribution >= 0.6 is 11.6 Å². The number of halogens is 4. The first kappa shape index (κ1) is 13.7. The average Bonchev–Trinajstić information content (AvgIpc) is 2.40. The van der Waals surface area contributed by atoms with E-state index in [2.05, 4.69) is 5.32 Å². The van der Waals surface area contributed by atoms with Crippen LogP contribution < -0.4 is 5.32 Å². The predicted molar refractivity (Wildman–Crippen MR) is 70.1 cm³/mol. The number of alkyl halides is 2. The summed E-state index contributed by atoms with van der Waals surface area (Å²) in [5.74, 6) is -0.409. The van der Waals surface area contributed by atoms with Gasteiger partial charge >= 0.3 is 0 Å². The summed E-state index contributed by atoms with van der Waals surface area (Å²) in [6.45, 7) is 0.334. The van der Waals surface area contributed by atoms with Crippen LogP contribution in [0.5, 0.6) is 0 Å². The maximum atomic E-state index is 13.4. The van der Waals surface area contributed by atoms with Gasteiger partial charge in [0.1, 0.15) is 5.82 Å². The molecule has 100 valence electrons. The Bertz CT molecular complexity index is 555. The van der Waals surface area contributed by atoms with Gasteiger partial charge in [0.05, 0.1) is 5.69 Å². The molecule has 0 atom stereocenters. The maximum Gasteiger partial charge on any atom is 0.263 e. The van der Waals surface area contributed by atoms with Crippen molar-refractivity contribution in [3.8, 4) is 0 Å². The molecule has 2 aromatic carbocycles. The van der Waals surface area contributed by atoms with E-state index < -0.39 is 12.2 Å². The molecule has 0 amide bonds. The van der Waals surface area contributed by atoms with Crippen LogP contribution in [0.25, 0.3) is 0 Å². The summed E-state index contributed by atoms with van der Waals surface area (Å²) < 4.78 is 38.2. The zero-order chi connectivity index (χ0) is 13.8. The second-order valence-corrected chi connectivity index (χ2v) is 4.46. The molecular formula is C14H11ClF3N. The molecule has 0 aliphatic rings. The van der Waals surface area contributed by atoms with Crippen LogP contribution in [0.2, 0.25) is 5.02 Å². The highest BCUT2D eigenvalue weighted by molar-refractivity contribution is 6.30. The second kappa shape index (κ2) is 5.97. The zero-order valence-electron chi connectivity index (χ0n) is 9.84. The van der Waals surface area contributed by atoms with Crippen molar-refractivity contribution in [3.05, 3.63) is 64.4 Å². The Kier molecular flexibility index (Phi) is 4.32. The minimum atomic E-state index is -2.48. The molecule has 0 aliphatic carbocycles. The standard InChI is InChI=1S/C14H11ClF3N/c15-11-5-6-12(16)13(7-11)19-8-9-1-3-10(4-2-9)14(17)18/h1-7,14,19H,8H2. The normalized spacial score (nSPS) is 10.8. The van der Waals surface area contributed by atoms with E-state index in [1.54, 1.807) is 12.1 Å². The Labute approximate surface area is 114 Å². The van der Waals surface area contributed by atoms with Gasteiger partial charge in [-0.15, -0.1) is 0 Å². The van der Waals surface area contributed by atoms with Crippen molar-refractivity contribution < 1.29 is 13.2 Å². The number of rotatable bonds is 4. The molecule has 1 nitrogen and oxygen atoms in total. The van der Waals surface area contributed by atoms with Crippen LogP contribution in [0.4, 0.5) is 18.9 Å². The summed E-state index contributed by atoms with van der Waals surface area (Å²) in [5.41, 5.74) is 1.03. The van der Waals surface area contributed by atoms with E-state index in [9.17, 15) is 13.2 Å².